The highest BCUT2D eigenvalue weighted by molar-refractivity contribution is 6.02. The Labute approximate surface area is 146 Å². The van der Waals surface area contributed by atoms with Crippen LogP contribution in [0.25, 0.3) is 10.9 Å². The molecule has 2 heterocycles. The van der Waals surface area contributed by atoms with Crippen molar-refractivity contribution in [2.45, 2.75) is 57.5 Å². The Morgan fingerprint density at radius 1 is 1.04 bits per heavy atom. The van der Waals surface area contributed by atoms with Crippen molar-refractivity contribution in [3.05, 3.63) is 30.1 Å². The number of hydrogen-bond donors (Lipinski definition) is 1. The predicted molar refractivity (Wildman–Crippen MR) is 95.0 cm³/mol. The third kappa shape index (κ3) is 2.97. The molecule has 2 fully saturated rings. The van der Waals surface area contributed by atoms with Crippen molar-refractivity contribution < 1.29 is 9.59 Å². The Kier molecular flexibility index (Phi) is 4.11. The van der Waals surface area contributed by atoms with Crippen molar-refractivity contribution in [1.29, 1.82) is 0 Å². The largest absolute Gasteiger partial charge is 0.367 e. The lowest BCUT2D eigenvalue weighted by atomic mass is 9.90. The number of carbonyl (C=O) groups excluding carboxylic acids is 2. The standard InChI is InChI=1S/C19H22N4O2/c1-12-3-2-4-15-18(12)20-11-21-19(15)22-13-5-7-14(8-6-13)23-16(24)9-10-17(23)25/h2-4,11,13-14H,5-10H2,1H3,(H,20,21,22). The summed E-state index contributed by atoms with van der Waals surface area (Å²) in [7, 11) is 0. The fraction of sp³-hybridized carbons (Fsp3) is 0.474. The van der Waals surface area contributed by atoms with Crippen LogP contribution in [0, 0.1) is 6.92 Å². The lowest BCUT2D eigenvalue weighted by Crippen LogP contribution is -2.43. The van der Waals surface area contributed by atoms with E-state index in [1.807, 2.05) is 25.1 Å². The van der Waals surface area contributed by atoms with E-state index in [0.717, 1.165) is 48.0 Å². The predicted octanol–water partition coefficient (Wildman–Crippen LogP) is 2.81. The molecule has 6 heteroatoms. The highest BCUT2D eigenvalue weighted by Crippen LogP contribution is 2.30. The van der Waals surface area contributed by atoms with Crippen molar-refractivity contribution in [1.82, 2.24) is 14.9 Å². The van der Waals surface area contributed by atoms with Crippen molar-refractivity contribution in [3.8, 4) is 0 Å². The highest BCUT2D eigenvalue weighted by atomic mass is 16.2. The Morgan fingerprint density at radius 2 is 1.76 bits per heavy atom. The number of para-hydroxylation sites is 1. The summed E-state index contributed by atoms with van der Waals surface area (Å²) in [4.78, 5) is 34.1. The minimum Gasteiger partial charge on any atom is -0.367 e. The monoisotopic (exact) mass is 338 g/mol. The Morgan fingerprint density at radius 3 is 2.48 bits per heavy atom. The van der Waals surface area contributed by atoms with Gasteiger partial charge >= 0.3 is 0 Å². The molecule has 1 N–H and O–H groups in total. The Hall–Kier alpha value is -2.50. The van der Waals surface area contributed by atoms with Crippen LogP contribution >= 0.6 is 0 Å². The van der Waals surface area contributed by atoms with E-state index in [1.54, 1.807) is 6.33 Å². The first-order valence-electron chi connectivity index (χ1n) is 8.95. The van der Waals surface area contributed by atoms with Crippen LogP contribution in [-0.4, -0.2) is 38.8 Å². The van der Waals surface area contributed by atoms with Gasteiger partial charge in [0, 0.05) is 30.3 Å². The number of anilines is 1. The summed E-state index contributed by atoms with van der Waals surface area (Å²) >= 11 is 0. The maximum Gasteiger partial charge on any atom is 0.229 e. The van der Waals surface area contributed by atoms with Gasteiger partial charge in [-0.05, 0) is 44.2 Å². The summed E-state index contributed by atoms with van der Waals surface area (Å²) in [5.41, 5.74) is 2.11. The molecule has 1 aromatic heterocycles. The SMILES string of the molecule is Cc1cccc2c(NC3CCC(N4C(=O)CCC4=O)CC3)ncnc12. The van der Waals surface area contributed by atoms with Crippen molar-refractivity contribution in [2.75, 3.05) is 5.32 Å². The molecule has 1 aliphatic carbocycles. The number of nitrogens with zero attached hydrogens (tertiary/aromatic N) is 3. The maximum absolute atomic E-state index is 11.9. The first-order chi connectivity index (χ1) is 12.1. The van der Waals surface area contributed by atoms with E-state index in [1.165, 1.54) is 4.90 Å². The van der Waals surface area contributed by atoms with E-state index in [2.05, 4.69) is 15.3 Å². The lowest BCUT2D eigenvalue weighted by Gasteiger charge is -2.34. The van der Waals surface area contributed by atoms with Crippen LogP contribution in [0.3, 0.4) is 0 Å². The molecule has 1 saturated heterocycles. The van der Waals surface area contributed by atoms with Gasteiger partial charge in [-0.2, -0.15) is 0 Å². The average molecular weight is 338 g/mol. The number of imide groups is 1. The summed E-state index contributed by atoms with van der Waals surface area (Å²) < 4.78 is 0. The van der Waals surface area contributed by atoms with Crippen LogP contribution in [0.5, 0.6) is 0 Å². The molecule has 1 aromatic carbocycles. The van der Waals surface area contributed by atoms with Gasteiger partial charge in [-0.1, -0.05) is 12.1 Å². The van der Waals surface area contributed by atoms with Crippen LogP contribution in [0.1, 0.15) is 44.1 Å². The third-order valence-electron chi connectivity index (χ3n) is 5.36. The molecule has 4 rings (SSSR count). The minimum atomic E-state index is -0.00122. The number of aryl methyl sites for hydroxylation is 1. The maximum atomic E-state index is 11.9. The van der Waals surface area contributed by atoms with Crippen LogP contribution in [0.4, 0.5) is 5.82 Å². The first kappa shape index (κ1) is 16.0. The van der Waals surface area contributed by atoms with Crippen LogP contribution in [0.15, 0.2) is 24.5 Å². The highest BCUT2D eigenvalue weighted by Gasteiger charge is 2.36. The number of aromatic nitrogens is 2. The second-order valence-electron chi connectivity index (χ2n) is 7.00. The fourth-order valence-corrected chi connectivity index (χ4v) is 4.02. The summed E-state index contributed by atoms with van der Waals surface area (Å²) in [6, 6.07) is 6.49. The molecule has 1 aliphatic heterocycles. The van der Waals surface area contributed by atoms with Crippen molar-refractivity contribution in [2.24, 2.45) is 0 Å². The Balaban J connectivity index is 1.45. The van der Waals surface area contributed by atoms with E-state index in [-0.39, 0.29) is 17.9 Å². The summed E-state index contributed by atoms with van der Waals surface area (Å²) in [6.07, 6.45) is 5.93. The molecule has 0 bridgehead atoms. The Bertz CT molecular complexity index is 811. The molecular weight excluding hydrogens is 316 g/mol. The third-order valence-corrected chi connectivity index (χ3v) is 5.36. The first-order valence-corrected chi connectivity index (χ1v) is 8.95. The second-order valence-corrected chi connectivity index (χ2v) is 7.00. The van der Waals surface area contributed by atoms with E-state index in [9.17, 15) is 9.59 Å². The molecule has 0 unspecified atom stereocenters. The van der Waals surface area contributed by atoms with Gasteiger partial charge in [-0.15, -0.1) is 0 Å². The molecule has 25 heavy (non-hydrogen) atoms. The van der Waals surface area contributed by atoms with E-state index >= 15 is 0 Å². The van der Waals surface area contributed by atoms with Gasteiger partial charge in [0.15, 0.2) is 0 Å². The number of rotatable bonds is 3. The molecule has 0 radical (unpaired) electrons. The quantitative estimate of drug-likeness (QED) is 0.871. The van der Waals surface area contributed by atoms with Gasteiger partial charge in [0.1, 0.15) is 12.1 Å². The van der Waals surface area contributed by atoms with Gasteiger partial charge < -0.3 is 5.32 Å². The normalized spacial score (nSPS) is 24.1. The summed E-state index contributed by atoms with van der Waals surface area (Å²) in [5, 5.41) is 4.58. The molecule has 2 amide bonds. The number of amides is 2. The van der Waals surface area contributed by atoms with Gasteiger partial charge in [0.05, 0.1) is 5.52 Å². The minimum absolute atomic E-state index is 0.00122. The zero-order chi connectivity index (χ0) is 17.4. The van der Waals surface area contributed by atoms with Crippen molar-refractivity contribution >= 4 is 28.5 Å². The number of likely N-dealkylation sites (tertiary alicyclic amines) is 1. The zero-order valence-corrected chi connectivity index (χ0v) is 14.4. The number of nitrogens with one attached hydrogen (secondary N) is 1. The zero-order valence-electron chi connectivity index (χ0n) is 14.4. The number of fused-ring (bicyclic) bond motifs is 1. The molecular formula is C19H22N4O2. The summed E-state index contributed by atoms with van der Waals surface area (Å²) in [5.74, 6) is 0.864. The molecule has 6 nitrogen and oxygen atoms in total. The van der Waals surface area contributed by atoms with Gasteiger partial charge in [-0.25, -0.2) is 9.97 Å². The second kappa shape index (κ2) is 6.43. The number of benzene rings is 1. The molecule has 130 valence electrons. The van der Waals surface area contributed by atoms with E-state index < -0.39 is 0 Å². The lowest BCUT2D eigenvalue weighted by molar-refractivity contribution is -0.141. The molecule has 0 spiro atoms. The number of carbonyl (C=O) groups is 2. The van der Waals surface area contributed by atoms with Gasteiger partial charge in [0.2, 0.25) is 11.8 Å². The van der Waals surface area contributed by atoms with Gasteiger partial charge in [-0.3, -0.25) is 14.5 Å². The van der Waals surface area contributed by atoms with Gasteiger partial charge in [0.25, 0.3) is 0 Å². The van der Waals surface area contributed by atoms with Crippen molar-refractivity contribution in [3.63, 3.8) is 0 Å². The summed E-state index contributed by atoms with van der Waals surface area (Å²) in [6.45, 7) is 2.05. The number of hydrogen-bond acceptors (Lipinski definition) is 5. The van der Waals surface area contributed by atoms with E-state index in [4.69, 9.17) is 0 Å². The smallest absolute Gasteiger partial charge is 0.229 e. The van der Waals surface area contributed by atoms with Crippen LogP contribution in [0.2, 0.25) is 0 Å². The molecule has 1 saturated carbocycles. The molecule has 2 aromatic rings. The molecule has 0 atom stereocenters. The average Bonchev–Trinajstić information content (AvgIpc) is 2.95. The van der Waals surface area contributed by atoms with Crippen LogP contribution in [-0.2, 0) is 9.59 Å². The topological polar surface area (TPSA) is 75.2 Å². The molecule has 2 aliphatic rings. The fourth-order valence-electron chi connectivity index (χ4n) is 4.02. The van der Waals surface area contributed by atoms with Crippen LogP contribution < -0.4 is 5.32 Å². The van der Waals surface area contributed by atoms with E-state index in [0.29, 0.717) is 18.9 Å².